The second-order valence-electron chi connectivity index (χ2n) is 14.2. The van der Waals surface area contributed by atoms with E-state index in [2.05, 4.69) is 0 Å². The van der Waals surface area contributed by atoms with Gasteiger partial charge in [0.1, 0.15) is 23.9 Å². The number of aldehydes is 1. The smallest absolute Gasteiger partial charge is 0.494 e. The summed E-state index contributed by atoms with van der Waals surface area (Å²) in [7, 11) is -1.86. The summed E-state index contributed by atoms with van der Waals surface area (Å²) in [4.78, 5) is 21.9. The van der Waals surface area contributed by atoms with Crippen LogP contribution >= 0.6 is 0 Å². The molecule has 2 aliphatic rings. The van der Waals surface area contributed by atoms with E-state index in [1.165, 1.54) is 0 Å². The topological polar surface area (TPSA) is 145 Å². The third kappa shape index (κ3) is 12.0. The van der Waals surface area contributed by atoms with Crippen LogP contribution in [0.4, 0.5) is 0 Å². The van der Waals surface area contributed by atoms with Crippen molar-refractivity contribution in [3.63, 3.8) is 0 Å². The highest BCUT2D eigenvalue weighted by Gasteiger charge is 2.53. The Kier molecular flexibility index (Phi) is 16.6. The van der Waals surface area contributed by atoms with Gasteiger partial charge in [-0.3, -0.25) is 14.9 Å². The van der Waals surface area contributed by atoms with Gasteiger partial charge in [-0.2, -0.15) is 0 Å². The molecule has 4 aromatic rings. The van der Waals surface area contributed by atoms with Crippen molar-refractivity contribution in [1.29, 1.82) is 0 Å². The Morgan fingerprint density at radius 3 is 1.75 bits per heavy atom. The van der Waals surface area contributed by atoms with E-state index in [1.54, 1.807) is 30.3 Å². The fourth-order valence-corrected chi connectivity index (χ4v) is 6.02. The van der Waals surface area contributed by atoms with E-state index in [-0.39, 0.29) is 15.4 Å². The van der Waals surface area contributed by atoms with Gasteiger partial charge in [-0.25, -0.2) is 0 Å². The number of hydrogen-bond donors (Lipinski definition) is 1. The van der Waals surface area contributed by atoms with Gasteiger partial charge in [0.2, 0.25) is 6.54 Å². The number of ether oxygens (including phenoxy) is 4. The van der Waals surface area contributed by atoms with Crippen molar-refractivity contribution < 1.29 is 49.1 Å². The maximum absolute atomic E-state index is 11.6. The van der Waals surface area contributed by atoms with Crippen molar-refractivity contribution in [3.05, 3.63) is 129 Å². The largest absolute Gasteiger partial charge is 0.499 e. The van der Waals surface area contributed by atoms with Crippen LogP contribution in [0.25, 0.3) is 0 Å². The summed E-state index contributed by atoms with van der Waals surface area (Å²) < 4.78 is 40.6. The maximum Gasteiger partial charge on any atom is 0.499 e. The fraction of sp³-hybridized carbons (Fsp3) is 0.405. The van der Waals surface area contributed by atoms with E-state index >= 15 is 0 Å². The number of nitrogens with zero attached hydrogens (tertiary/aromatic N) is 1. The second kappa shape index (κ2) is 21.1. The third-order valence-corrected chi connectivity index (χ3v) is 9.62. The van der Waals surface area contributed by atoms with Crippen molar-refractivity contribution in [2.24, 2.45) is 0 Å². The first-order chi connectivity index (χ1) is 26.5. The van der Waals surface area contributed by atoms with Crippen molar-refractivity contribution in [2.45, 2.75) is 78.5 Å². The Morgan fingerprint density at radius 1 is 0.750 bits per heavy atom. The lowest BCUT2D eigenvalue weighted by molar-refractivity contribution is -0.490. The molecule has 0 radical (unpaired) electrons. The van der Waals surface area contributed by atoms with E-state index in [0.29, 0.717) is 79.6 Å². The maximum atomic E-state index is 11.6. The number of rotatable bonds is 18. The molecule has 0 bridgehead atoms. The Hall–Kier alpha value is -4.56. The molecular weight excluding hydrogens is 716 g/mol. The molecule has 1 unspecified atom stereocenters. The van der Waals surface area contributed by atoms with Crippen LogP contribution in [0.1, 0.15) is 82.5 Å². The average Bonchev–Trinajstić information content (AvgIpc) is 3.60. The Bertz CT molecular complexity index is 1820. The number of fused-ring (bicyclic) bond motifs is 1. The first-order valence-corrected chi connectivity index (χ1v) is 18.5. The molecule has 1 N–H and O–H groups in total. The van der Waals surface area contributed by atoms with E-state index in [4.69, 9.17) is 32.9 Å². The number of benzene rings is 4. The summed E-state index contributed by atoms with van der Waals surface area (Å²) in [6.45, 7) is 10.7. The lowest BCUT2D eigenvalue weighted by Gasteiger charge is -2.32. The van der Waals surface area contributed by atoms with Crippen LogP contribution in [0.5, 0.6) is 11.5 Å². The Balaban J connectivity index is 0.000000297. The standard InChI is InChI=1S/C23H29BO5.C18H20BNO6.CH4.H2/c1-22(2)23(3,4)29-24(28-22)21-19(16-25)12-8-13-20(21)27-15-9-14-26-17-18-10-6-5-7-11-18;21-19-18-15(17(26-19)12-20(22)23)8-4-9-16(18)25-11-5-10-24-13-14-6-2-1-3-7-14;;/h5-8,10-13,16H,9,14-15,17H2,1-4H3;1-4,6-9,17,21H,5,10-13H2;1H4;1H/i;;;1+1. The second-order valence-corrected chi connectivity index (χ2v) is 14.2. The van der Waals surface area contributed by atoms with Crippen LogP contribution < -0.4 is 20.4 Å². The highest BCUT2D eigenvalue weighted by molar-refractivity contribution is 6.64. The highest BCUT2D eigenvalue weighted by atomic mass is 16.7. The summed E-state index contributed by atoms with van der Waals surface area (Å²) in [6.07, 6.45) is 1.48. The molecule has 6 rings (SSSR count). The van der Waals surface area contributed by atoms with E-state index in [0.717, 1.165) is 23.8 Å². The summed E-state index contributed by atoms with van der Waals surface area (Å²) in [5.41, 5.74) is 3.53. The minimum Gasteiger partial charge on any atom is -0.494 e. The van der Waals surface area contributed by atoms with Gasteiger partial charge >= 0.3 is 14.2 Å². The zero-order chi connectivity index (χ0) is 39.3. The monoisotopic (exact) mass is 772 g/mol. The number of hydrogen-bond acceptors (Lipinski definition) is 11. The van der Waals surface area contributed by atoms with Crippen LogP contribution in [0.15, 0.2) is 97.1 Å². The molecule has 0 amide bonds. The molecular formula is C42H55B2NO11. The minimum atomic E-state index is -1.21. The average molecular weight is 773 g/mol. The van der Waals surface area contributed by atoms with Gasteiger partial charge < -0.3 is 37.9 Å². The van der Waals surface area contributed by atoms with Crippen LogP contribution in [0, 0.1) is 10.1 Å². The van der Waals surface area contributed by atoms with Gasteiger partial charge in [0.15, 0.2) is 0 Å². The molecule has 1 fully saturated rings. The minimum absolute atomic E-state index is 0. The van der Waals surface area contributed by atoms with Gasteiger partial charge in [0.05, 0.1) is 50.8 Å². The Morgan fingerprint density at radius 2 is 1.25 bits per heavy atom. The van der Waals surface area contributed by atoms with Crippen LogP contribution in [0.3, 0.4) is 0 Å². The van der Waals surface area contributed by atoms with Gasteiger partial charge in [-0.15, -0.1) is 0 Å². The molecule has 12 nitrogen and oxygen atoms in total. The first kappa shape index (κ1) is 44.2. The van der Waals surface area contributed by atoms with E-state index < -0.39 is 36.5 Å². The third-order valence-electron chi connectivity index (χ3n) is 9.62. The predicted molar refractivity (Wildman–Crippen MR) is 219 cm³/mol. The highest BCUT2D eigenvalue weighted by Crippen LogP contribution is 2.37. The molecule has 2 heterocycles. The summed E-state index contributed by atoms with van der Waals surface area (Å²) in [6, 6.07) is 30.6. The summed E-state index contributed by atoms with van der Waals surface area (Å²) >= 11 is 0. The molecule has 1 saturated heterocycles. The van der Waals surface area contributed by atoms with Crippen molar-refractivity contribution in [3.8, 4) is 11.5 Å². The molecule has 0 saturated carbocycles. The number of carbonyl (C=O) groups is 1. The van der Waals surface area contributed by atoms with Crippen molar-refractivity contribution in [1.82, 2.24) is 0 Å². The van der Waals surface area contributed by atoms with Crippen molar-refractivity contribution >= 4 is 31.4 Å². The summed E-state index contributed by atoms with van der Waals surface area (Å²) in [5, 5.41) is 20.8. The molecule has 0 aliphatic carbocycles. The lowest BCUT2D eigenvalue weighted by Crippen LogP contribution is -2.41. The number of carbonyl (C=O) groups excluding carboxylic acids is 1. The molecule has 300 valence electrons. The molecule has 14 heteroatoms. The van der Waals surface area contributed by atoms with Crippen LogP contribution in [0.2, 0.25) is 0 Å². The van der Waals surface area contributed by atoms with E-state index in [1.807, 2.05) is 94.4 Å². The van der Waals surface area contributed by atoms with Gasteiger partial charge in [-0.05, 0) is 56.5 Å². The Labute approximate surface area is 332 Å². The van der Waals surface area contributed by atoms with Gasteiger partial charge in [0.25, 0.3) is 0 Å². The fourth-order valence-electron chi connectivity index (χ4n) is 6.02. The zero-order valence-corrected chi connectivity index (χ0v) is 31.9. The van der Waals surface area contributed by atoms with Crippen LogP contribution in [-0.2, 0) is 36.7 Å². The SMILES string of the molecule is C.CC1(C)OB(c2c(C=O)cccc2OCCCOCc2ccccc2)OC1(C)C.O=[N+]([O-])CC1OB(O)c2c(OCCCOCc3ccccc3)cccc21.[2HH]. The van der Waals surface area contributed by atoms with Crippen molar-refractivity contribution in [2.75, 3.05) is 33.0 Å². The zero-order valence-electron chi connectivity index (χ0n) is 31.9. The van der Waals surface area contributed by atoms with Gasteiger partial charge in [0, 0.05) is 35.7 Å². The molecule has 0 aromatic heterocycles. The molecule has 1 atom stereocenters. The quantitative estimate of drug-likeness (QED) is 0.0396. The molecule has 56 heavy (non-hydrogen) atoms. The number of nitro groups is 1. The van der Waals surface area contributed by atoms with Gasteiger partial charge in [-0.1, -0.05) is 92.4 Å². The summed E-state index contributed by atoms with van der Waals surface area (Å²) in [5.74, 6) is 1.10. The normalized spacial score (nSPS) is 16.3. The van der Waals surface area contributed by atoms with E-state index in [9.17, 15) is 19.9 Å². The predicted octanol–water partition coefficient (Wildman–Crippen LogP) is 6.37. The van der Waals surface area contributed by atoms with Crippen LogP contribution in [-0.4, -0.2) is 74.6 Å². The lowest BCUT2D eigenvalue weighted by atomic mass is 9.75. The molecule has 0 spiro atoms. The first-order valence-electron chi connectivity index (χ1n) is 18.5. The molecule has 4 aromatic carbocycles. The molecule has 2 aliphatic heterocycles.